The largest absolute Gasteiger partial charge is 0.483 e. The fourth-order valence-electron chi connectivity index (χ4n) is 6.52. The molecule has 258 valence electrons. The number of carbonyl (C=O) groups excluding carboxylic acids is 2. The van der Waals surface area contributed by atoms with Crippen molar-refractivity contribution in [3.8, 4) is 23.0 Å². The van der Waals surface area contributed by atoms with Gasteiger partial charge in [-0.25, -0.2) is 0 Å². The lowest BCUT2D eigenvalue weighted by atomic mass is 9.79. The summed E-state index contributed by atoms with van der Waals surface area (Å²) in [5, 5.41) is 5.77. The molecule has 0 spiro atoms. The Kier molecular flexibility index (Phi) is 9.89. The van der Waals surface area contributed by atoms with Crippen LogP contribution in [0.1, 0.15) is 75.8 Å². The van der Waals surface area contributed by atoms with Gasteiger partial charge in [0.25, 0.3) is 11.8 Å². The molecule has 1 aliphatic carbocycles. The van der Waals surface area contributed by atoms with E-state index in [1.54, 1.807) is 24.5 Å². The second-order valence-corrected chi connectivity index (χ2v) is 14.6. The Morgan fingerprint density at radius 1 is 0.750 bits per heavy atom. The van der Waals surface area contributed by atoms with Gasteiger partial charge >= 0.3 is 0 Å². The van der Waals surface area contributed by atoms with E-state index in [4.69, 9.17) is 18.9 Å². The Morgan fingerprint density at radius 3 is 1.75 bits per heavy atom. The summed E-state index contributed by atoms with van der Waals surface area (Å²) in [6.07, 6.45) is 8.08. The lowest BCUT2D eigenvalue weighted by molar-refractivity contribution is -0.122. The van der Waals surface area contributed by atoms with Crippen LogP contribution in [0, 0.1) is 5.41 Å². The zero-order valence-corrected chi connectivity index (χ0v) is 29.3. The van der Waals surface area contributed by atoms with Crippen LogP contribution < -0.4 is 29.6 Å². The van der Waals surface area contributed by atoms with Gasteiger partial charge < -0.3 is 29.6 Å². The van der Waals surface area contributed by atoms with Crippen molar-refractivity contribution < 1.29 is 31.4 Å². The van der Waals surface area contributed by atoms with Crippen molar-refractivity contribution in [1.82, 2.24) is 10.3 Å². The molecule has 6 rings (SSSR count). The molecule has 3 aliphatic rings. The van der Waals surface area contributed by atoms with Crippen LogP contribution >= 0.6 is 0 Å². The molecule has 3 heterocycles. The third-order valence-corrected chi connectivity index (χ3v) is 8.21. The third-order valence-electron chi connectivity index (χ3n) is 8.21. The van der Waals surface area contributed by atoms with Crippen LogP contribution in [0.25, 0.3) is 0 Å². The highest BCUT2D eigenvalue weighted by Gasteiger charge is 2.33. The lowest BCUT2D eigenvalue weighted by Gasteiger charge is -2.29. The van der Waals surface area contributed by atoms with Crippen molar-refractivity contribution in [3.05, 3.63) is 95.0 Å². The fraction of sp³-hybridized carbons (Fsp3) is 0.410. The number of ether oxygens (including phenoxy) is 4. The van der Waals surface area contributed by atoms with Crippen molar-refractivity contribution in [2.45, 2.75) is 85.9 Å². The summed E-state index contributed by atoms with van der Waals surface area (Å²) in [6.45, 7) is 16.6. The molecule has 9 heteroatoms. The average Bonchev–Trinajstić information content (AvgIpc) is 3.50. The van der Waals surface area contributed by atoms with Crippen molar-refractivity contribution in [3.63, 3.8) is 0 Å². The molecule has 0 atom stereocenters. The van der Waals surface area contributed by atoms with Gasteiger partial charge in [0.05, 0.1) is 0 Å². The van der Waals surface area contributed by atoms with Crippen LogP contribution in [-0.2, 0) is 22.4 Å². The normalized spacial score (nSPS) is 17.7. The van der Waals surface area contributed by atoms with E-state index in [1.807, 2.05) is 57.2 Å². The van der Waals surface area contributed by atoms with E-state index in [1.165, 1.54) is 5.57 Å². The summed E-state index contributed by atoms with van der Waals surface area (Å²) < 4.78 is 23.3. The summed E-state index contributed by atoms with van der Waals surface area (Å²) in [4.78, 5) is 28.2. The summed E-state index contributed by atoms with van der Waals surface area (Å²) in [5.41, 5.74) is 5.83. The molecule has 1 aromatic heterocycles. The van der Waals surface area contributed by atoms with Crippen LogP contribution in [0.5, 0.6) is 23.0 Å². The maximum absolute atomic E-state index is 12.4. The van der Waals surface area contributed by atoms with Crippen molar-refractivity contribution in [2.24, 2.45) is 5.41 Å². The Labute approximate surface area is 286 Å². The summed E-state index contributed by atoms with van der Waals surface area (Å²) in [7, 11) is 0. The molecule has 2 aromatic carbocycles. The number of amides is 2. The van der Waals surface area contributed by atoms with Gasteiger partial charge in [0.15, 0.2) is 36.2 Å². The summed E-state index contributed by atoms with van der Waals surface area (Å²) >= 11 is 0. The van der Waals surface area contributed by atoms with Crippen LogP contribution in [0.2, 0.25) is 0 Å². The summed E-state index contributed by atoms with van der Waals surface area (Å²) in [5.74, 6) is 2.36. The topological polar surface area (TPSA) is 108 Å². The monoisotopic (exact) mass is 657 g/mol. The molecule has 2 aliphatic heterocycles. The molecule has 0 radical (unpaired) electrons. The molecule has 2 amide bonds. The van der Waals surface area contributed by atoms with Gasteiger partial charge in [-0.15, -0.1) is 0 Å². The first-order valence-electron chi connectivity index (χ1n) is 16.4. The van der Waals surface area contributed by atoms with E-state index in [2.05, 4.69) is 56.3 Å². The Hall–Kier alpha value is -4.79. The minimum atomic E-state index is -0.235. The van der Waals surface area contributed by atoms with Crippen molar-refractivity contribution in [2.75, 3.05) is 18.5 Å². The molecule has 0 fully saturated rings. The Morgan fingerprint density at radius 2 is 1.25 bits per heavy atom. The molecule has 9 nitrogen and oxygen atoms in total. The lowest BCUT2D eigenvalue weighted by Crippen LogP contribution is -2.32. The minimum Gasteiger partial charge on any atom is -0.483 e. The van der Waals surface area contributed by atoms with Crippen molar-refractivity contribution >= 4 is 17.5 Å². The van der Waals surface area contributed by atoms with E-state index >= 15 is 0 Å². The van der Waals surface area contributed by atoms with Gasteiger partial charge in [0.1, 0.15) is 11.2 Å². The highest BCUT2D eigenvalue weighted by molar-refractivity contribution is 5.91. The zero-order chi connectivity index (χ0) is 34.7. The van der Waals surface area contributed by atoms with Gasteiger partial charge in [-0.2, -0.15) is 0 Å². The number of hydrogen-bond acceptors (Lipinski definition) is 7. The number of allylic oxidation sites excluding steroid dienone is 3. The predicted octanol–water partition coefficient (Wildman–Crippen LogP) is 7.85. The van der Waals surface area contributed by atoms with E-state index < -0.39 is 0 Å². The zero-order valence-electron chi connectivity index (χ0n) is 29.3. The maximum atomic E-state index is 12.4. The smallest absolute Gasteiger partial charge is 0.262 e. The Balaban J connectivity index is 0.000000263. The number of benzene rings is 2. The SMILES string of the molecule is CC1(C)Cc2cccc(OCC(=O)Nc3ccncc3)c2O1.CC1=CC(C)(C)CC(C)=C1NC(=O)COc1cccc2c1OC(C)(C)C2.[HH].[HH]. The molecule has 0 saturated carbocycles. The molecule has 48 heavy (non-hydrogen) atoms. The third kappa shape index (κ3) is 8.76. The molecule has 0 bridgehead atoms. The fourth-order valence-corrected chi connectivity index (χ4v) is 6.52. The van der Waals surface area contributed by atoms with Gasteiger partial charge in [-0.3, -0.25) is 14.6 Å². The summed E-state index contributed by atoms with van der Waals surface area (Å²) in [6, 6.07) is 15.1. The minimum absolute atomic E-state index is 0. The first kappa shape index (κ1) is 34.5. The van der Waals surface area contributed by atoms with Crippen LogP contribution in [0.4, 0.5) is 5.69 Å². The van der Waals surface area contributed by atoms with Crippen LogP contribution in [0.3, 0.4) is 0 Å². The van der Waals surface area contributed by atoms with Crippen LogP contribution in [-0.4, -0.2) is 41.2 Å². The standard InChI is InChI=1S/C22H29NO3.C17H18N2O3.2H2/c1-14-10-21(3,4)11-15(2)19(14)23-18(24)13-25-17-9-7-8-16-12-22(5,6)26-20(16)17;1-17(2)10-12-4-3-5-14(16(12)22-17)21-11-15(20)19-13-6-8-18-9-7-13;;/h7-10H,11-13H2,1-6H3,(H,23,24);3-9H,10-11H2,1-2H3,(H,18,19,20);2*1H. The second kappa shape index (κ2) is 13.7. The first-order valence-corrected chi connectivity index (χ1v) is 16.4. The number of aromatic nitrogens is 1. The van der Waals surface area contributed by atoms with Crippen molar-refractivity contribution in [1.29, 1.82) is 0 Å². The van der Waals surface area contributed by atoms with Gasteiger partial charge in [0.2, 0.25) is 0 Å². The van der Waals surface area contributed by atoms with E-state index in [-0.39, 0.29) is 44.5 Å². The molecular formula is C39H51N3O6. The number of nitrogens with zero attached hydrogens (tertiary/aromatic N) is 1. The van der Waals surface area contributed by atoms with E-state index in [0.717, 1.165) is 53.2 Å². The second-order valence-electron chi connectivity index (χ2n) is 14.6. The van der Waals surface area contributed by atoms with Gasteiger partial charge in [-0.05, 0) is 88.8 Å². The number of para-hydroxylation sites is 2. The molecule has 0 unspecified atom stereocenters. The van der Waals surface area contributed by atoms with E-state index in [0.29, 0.717) is 17.2 Å². The number of rotatable bonds is 8. The van der Waals surface area contributed by atoms with Gasteiger partial charge in [-0.1, -0.05) is 44.2 Å². The number of hydrogen-bond donors (Lipinski definition) is 2. The molecular weight excluding hydrogens is 606 g/mol. The maximum Gasteiger partial charge on any atom is 0.262 e. The highest BCUT2D eigenvalue weighted by atomic mass is 16.5. The number of carbonyl (C=O) groups is 2. The Bertz CT molecular complexity index is 1750. The number of anilines is 1. The number of nitrogens with one attached hydrogen (secondary N) is 2. The first-order chi connectivity index (χ1) is 22.6. The predicted molar refractivity (Wildman–Crippen MR) is 191 cm³/mol. The average molecular weight is 658 g/mol. The van der Waals surface area contributed by atoms with E-state index in [9.17, 15) is 9.59 Å². The molecule has 3 aromatic rings. The van der Waals surface area contributed by atoms with Gasteiger partial charge in [0, 0.05) is 50.6 Å². The molecule has 2 N–H and O–H groups in total. The quantitative estimate of drug-likeness (QED) is 0.254. The molecule has 0 saturated heterocycles. The number of pyridine rings is 1. The van der Waals surface area contributed by atoms with Crippen LogP contribution in [0.15, 0.2) is 83.8 Å². The number of fused-ring (bicyclic) bond motifs is 2. The highest BCUT2D eigenvalue weighted by Crippen LogP contribution is 2.43.